The molecule has 4 nitrogen and oxygen atoms in total. The van der Waals surface area contributed by atoms with E-state index in [1.807, 2.05) is 47.4 Å². The molecule has 1 unspecified atom stereocenters. The van der Waals surface area contributed by atoms with Gasteiger partial charge in [-0.2, -0.15) is 0 Å². The van der Waals surface area contributed by atoms with E-state index >= 15 is 0 Å². The Morgan fingerprint density at radius 2 is 2.00 bits per heavy atom. The van der Waals surface area contributed by atoms with Gasteiger partial charge in [-0.05, 0) is 29.7 Å². The normalized spacial score (nSPS) is 17.3. The van der Waals surface area contributed by atoms with Crippen LogP contribution < -0.4 is 4.74 Å². The van der Waals surface area contributed by atoms with Gasteiger partial charge in [0, 0.05) is 30.6 Å². The van der Waals surface area contributed by atoms with Crippen molar-refractivity contribution in [3.8, 4) is 5.75 Å². The monoisotopic (exact) mass is 366 g/mol. The maximum atomic E-state index is 13.1. The predicted octanol–water partition coefficient (Wildman–Crippen LogP) is 4.57. The largest absolute Gasteiger partial charge is 0.487 e. The van der Waals surface area contributed by atoms with Crippen LogP contribution in [0.4, 0.5) is 0 Å². The first-order chi connectivity index (χ1) is 12.7. The Bertz CT molecular complexity index is 939. The van der Waals surface area contributed by atoms with Gasteiger partial charge in [0.25, 0.3) is 5.91 Å². The highest BCUT2D eigenvalue weighted by Gasteiger charge is 2.26. The van der Waals surface area contributed by atoms with E-state index in [2.05, 4.69) is 4.98 Å². The Labute approximate surface area is 157 Å². The van der Waals surface area contributed by atoms with E-state index in [-0.39, 0.29) is 12.0 Å². The first kappa shape index (κ1) is 16.9. The number of rotatable bonds is 3. The molecule has 0 N–H and O–H groups in total. The molecule has 4 rings (SSSR count). The zero-order valence-corrected chi connectivity index (χ0v) is 15.0. The predicted molar refractivity (Wildman–Crippen MR) is 103 cm³/mol. The first-order valence-electron chi connectivity index (χ1n) is 8.75. The van der Waals surface area contributed by atoms with Crippen LogP contribution in [0.15, 0.2) is 60.9 Å². The molecule has 0 bridgehead atoms. The number of hydrogen-bond acceptors (Lipinski definition) is 3. The van der Waals surface area contributed by atoms with E-state index in [4.69, 9.17) is 16.3 Å². The van der Waals surface area contributed by atoms with E-state index in [0.717, 1.165) is 35.7 Å². The second-order valence-corrected chi connectivity index (χ2v) is 6.87. The van der Waals surface area contributed by atoms with Gasteiger partial charge in [0.2, 0.25) is 0 Å². The lowest BCUT2D eigenvalue weighted by molar-refractivity contribution is 0.0540. The van der Waals surface area contributed by atoms with Gasteiger partial charge in [0.05, 0.1) is 6.54 Å². The second kappa shape index (κ2) is 7.34. The van der Waals surface area contributed by atoms with Crippen molar-refractivity contribution >= 4 is 28.3 Å². The summed E-state index contributed by atoms with van der Waals surface area (Å²) in [6, 6.07) is 15.6. The number of hydrogen-bond donors (Lipinski definition) is 0. The molecule has 0 saturated carbocycles. The van der Waals surface area contributed by atoms with Gasteiger partial charge >= 0.3 is 0 Å². The number of amides is 1. The number of likely N-dealkylation sites (tertiary alicyclic amines) is 1. The van der Waals surface area contributed by atoms with Crippen LogP contribution in [0.3, 0.4) is 0 Å². The molecule has 0 radical (unpaired) electrons. The summed E-state index contributed by atoms with van der Waals surface area (Å²) in [6.07, 6.45) is 4.96. The molecule has 1 atom stereocenters. The van der Waals surface area contributed by atoms with Crippen LogP contribution in [-0.2, 0) is 0 Å². The molecule has 26 heavy (non-hydrogen) atoms. The number of ether oxygens (including phenoxy) is 1. The van der Waals surface area contributed by atoms with Crippen LogP contribution in [0.5, 0.6) is 5.75 Å². The first-order valence-corrected chi connectivity index (χ1v) is 9.13. The topological polar surface area (TPSA) is 42.4 Å². The maximum absolute atomic E-state index is 13.1. The van der Waals surface area contributed by atoms with Crippen LogP contribution >= 0.6 is 11.6 Å². The Balaban J connectivity index is 1.54. The fourth-order valence-corrected chi connectivity index (χ4v) is 3.60. The number of halogens is 1. The molecule has 0 aliphatic carbocycles. The highest BCUT2D eigenvalue weighted by molar-refractivity contribution is 6.31. The number of fused-ring (bicyclic) bond motifs is 1. The van der Waals surface area contributed by atoms with Crippen molar-refractivity contribution in [3.63, 3.8) is 0 Å². The summed E-state index contributed by atoms with van der Waals surface area (Å²) in [5.41, 5.74) is 0.741. The Morgan fingerprint density at radius 1 is 1.15 bits per heavy atom. The molecule has 1 amide bonds. The van der Waals surface area contributed by atoms with Crippen molar-refractivity contribution in [2.24, 2.45) is 0 Å². The smallest absolute Gasteiger partial charge is 0.254 e. The van der Waals surface area contributed by atoms with Crippen molar-refractivity contribution < 1.29 is 9.53 Å². The van der Waals surface area contributed by atoms with Crippen LogP contribution in [0.2, 0.25) is 5.02 Å². The third-order valence-corrected chi connectivity index (χ3v) is 5.00. The molecule has 2 aromatic carbocycles. The van der Waals surface area contributed by atoms with Crippen molar-refractivity contribution in [1.82, 2.24) is 9.88 Å². The number of benzene rings is 2. The summed E-state index contributed by atoms with van der Waals surface area (Å²) in [7, 11) is 0. The highest BCUT2D eigenvalue weighted by Crippen LogP contribution is 2.27. The summed E-state index contributed by atoms with van der Waals surface area (Å²) in [5, 5.41) is 2.55. The molecular weight excluding hydrogens is 348 g/mol. The molecule has 5 heteroatoms. The quantitative estimate of drug-likeness (QED) is 0.681. The Kier molecular flexibility index (Phi) is 4.76. The summed E-state index contributed by atoms with van der Waals surface area (Å²) in [5.74, 6) is 0.669. The zero-order chi connectivity index (χ0) is 17.9. The van der Waals surface area contributed by atoms with Crippen molar-refractivity contribution in [2.45, 2.75) is 18.9 Å². The van der Waals surface area contributed by atoms with Crippen molar-refractivity contribution in [1.29, 1.82) is 0 Å². The zero-order valence-electron chi connectivity index (χ0n) is 14.3. The summed E-state index contributed by atoms with van der Waals surface area (Å²) < 4.78 is 6.02. The van der Waals surface area contributed by atoms with E-state index in [1.54, 1.807) is 18.5 Å². The minimum Gasteiger partial charge on any atom is -0.487 e. The molecular formula is C21H19ClN2O2. The molecule has 1 aliphatic rings. The molecule has 1 aromatic heterocycles. The lowest BCUT2D eigenvalue weighted by atomic mass is 10.0. The number of nitrogens with zero attached hydrogens (tertiary/aromatic N) is 2. The van der Waals surface area contributed by atoms with Crippen molar-refractivity contribution in [2.75, 3.05) is 13.1 Å². The highest BCUT2D eigenvalue weighted by atomic mass is 35.5. The summed E-state index contributed by atoms with van der Waals surface area (Å²) in [6.45, 7) is 1.30. The molecule has 132 valence electrons. The second-order valence-electron chi connectivity index (χ2n) is 6.47. The van der Waals surface area contributed by atoms with Crippen LogP contribution in [0.25, 0.3) is 10.8 Å². The third kappa shape index (κ3) is 3.37. The van der Waals surface area contributed by atoms with Crippen LogP contribution in [-0.4, -0.2) is 35.0 Å². The van der Waals surface area contributed by atoms with E-state index in [1.165, 1.54) is 0 Å². The van der Waals surface area contributed by atoms with Gasteiger partial charge in [-0.15, -0.1) is 0 Å². The summed E-state index contributed by atoms with van der Waals surface area (Å²) in [4.78, 5) is 19.0. The van der Waals surface area contributed by atoms with Gasteiger partial charge in [0.1, 0.15) is 16.9 Å². The molecule has 3 aromatic rings. The van der Waals surface area contributed by atoms with Gasteiger partial charge in [0.15, 0.2) is 0 Å². The number of carbonyl (C=O) groups is 1. The molecule has 0 spiro atoms. The lowest BCUT2D eigenvalue weighted by Crippen LogP contribution is -2.44. The Morgan fingerprint density at radius 3 is 2.88 bits per heavy atom. The third-order valence-electron chi connectivity index (χ3n) is 4.71. The fourth-order valence-electron chi connectivity index (χ4n) is 3.44. The molecule has 1 saturated heterocycles. The van der Waals surface area contributed by atoms with Gasteiger partial charge in [-0.25, -0.2) is 0 Å². The van der Waals surface area contributed by atoms with Crippen LogP contribution in [0, 0.1) is 0 Å². The number of piperidine rings is 1. The van der Waals surface area contributed by atoms with E-state index in [9.17, 15) is 4.79 Å². The summed E-state index contributed by atoms with van der Waals surface area (Å²) >= 11 is 6.14. The maximum Gasteiger partial charge on any atom is 0.254 e. The van der Waals surface area contributed by atoms with Crippen LogP contribution in [0.1, 0.15) is 23.2 Å². The number of pyridine rings is 1. The fraction of sp³-hybridized carbons (Fsp3) is 0.238. The molecule has 1 aliphatic heterocycles. The van der Waals surface area contributed by atoms with Gasteiger partial charge in [-0.1, -0.05) is 48.0 Å². The number of carbonyl (C=O) groups excluding carboxylic acids is 1. The number of aromatic nitrogens is 1. The molecule has 1 fully saturated rings. The average molecular weight is 367 g/mol. The van der Waals surface area contributed by atoms with Crippen molar-refractivity contribution in [3.05, 3.63) is 71.5 Å². The lowest BCUT2D eigenvalue weighted by Gasteiger charge is -2.33. The Hall–Kier alpha value is -2.59. The van der Waals surface area contributed by atoms with E-state index < -0.39 is 0 Å². The van der Waals surface area contributed by atoms with E-state index in [0.29, 0.717) is 17.3 Å². The minimum absolute atomic E-state index is 0.0518. The average Bonchev–Trinajstić information content (AvgIpc) is 2.69. The van der Waals surface area contributed by atoms with Gasteiger partial charge < -0.3 is 9.64 Å². The minimum atomic E-state index is -0.0671. The molecule has 2 heterocycles. The van der Waals surface area contributed by atoms with Gasteiger partial charge in [-0.3, -0.25) is 9.78 Å². The SMILES string of the molecule is O=C(c1cccc2ccccc12)N1CCCC(Oc2ccncc2Cl)C1. The standard InChI is InChI=1S/C21H19ClN2O2/c22-19-13-23-11-10-20(19)26-16-7-4-12-24(14-16)21(25)18-9-3-6-15-5-1-2-8-17(15)18/h1-3,5-6,8-11,13,16H,4,7,12,14H2.